The summed E-state index contributed by atoms with van der Waals surface area (Å²) in [6, 6.07) is 6.42. The fourth-order valence-electron chi connectivity index (χ4n) is 1.63. The van der Waals surface area contributed by atoms with Gasteiger partial charge in [0, 0.05) is 6.54 Å². The summed E-state index contributed by atoms with van der Waals surface area (Å²) in [6.07, 6.45) is 0.638. The van der Waals surface area contributed by atoms with E-state index in [1.54, 1.807) is 10.6 Å². The molecule has 2 rings (SSSR count). The number of H-pyrrole nitrogens is 1. The van der Waals surface area contributed by atoms with Crippen molar-refractivity contribution in [3.05, 3.63) is 46.2 Å². The van der Waals surface area contributed by atoms with E-state index in [2.05, 4.69) is 10.2 Å². The predicted octanol–water partition coefficient (Wildman–Crippen LogP) is 1.81. The van der Waals surface area contributed by atoms with E-state index in [0.717, 1.165) is 5.56 Å². The first-order valence-corrected chi connectivity index (χ1v) is 5.61. The zero-order valence-corrected chi connectivity index (χ0v) is 9.88. The maximum atomic E-state index is 13.0. The van der Waals surface area contributed by atoms with Crippen molar-refractivity contribution in [2.24, 2.45) is 0 Å². The minimum atomic E-state index is -0.249. The molecule has 17 heavy (non-hydrogen) atoms. The molecular weight excluding hydrogens is 241 g/mol. The molecule has 0 unspecified atom stereocenters. The molecule has 6 heteroatoms. The van der Waals surface area contributed by atoms with Crippen LogP contribution in [0.3, 0.4) is 0 Å². The second-order valence-corrected chi connectivity index (χ2v) is 4.02. The van der Waals surface area contributed by atoms with Gasteiger partial charge < -0.3 is 9.67 Å². The molecule has 0 saturated heterocycles. The van der Waals surface area contributed by atoms with Crippen LogP contribution in [0.15, 0.2) is 24.3 Å². The summed E-state index contributed by atoms with van der Waals surface area (Å²) < 4.78 is 15.1. The summed E-state index contributed by atoms with van der Waals surface area (Å²) in [4.78, 5) is 0. The number of hydrogen-bond donors (Lipinski definition) is 2. The van der Waals surface area contributed by atoms with Gasteiger partial charge in [-0.3, -0.25) is 5.10 Å². The molecule has 0 spiro atoms. The molecule has 0 atom stereocenters. The number of aliphatic hydroxyl groups is 1. The summed E-state index contributed by atoms with van der Waals surface area (Å²) in [7, 11) is 0. The van der Waals surface area contributed by atoms with E-state index in [1.807, 2.05) is 6.07 Å². The van der Waals surface area contributed by atoms with Crippen molar-refractivity contribution in [3.8, 4) is 0 Å². The van der Waals surface area contributed by atoms with Gasteiger partial charge in [0.15, 0.2) is 10.6 Å². The van der Waals surface area contributed by atoms with Gasteiger partial charge in [-0.25, -0.2) is 4.39 Å². The Bertz CT molecular complexity index is 564. The van der Waals surface area contributed by atoms with E-state index in [-0.39, 0.29) is 12.4 Å². The van der Waals surface area contributed by atoms with Crippen LogP contribution in [0.2, 0.25) is 0 Å². The van der Waals surface area contributed by atoms with Crippen LogP contribution >= 0.6 is 12.2 Å². The number of benzene rings is 1. The number of rotatable bonds is 4. The zero-order valence-electron chi connectivity index (χ0n) is 9.06. The molecule has 0 radical (unpaired) electrons. The fourth-order valence-corrected chi connectivity index (χ4v) is 1.88. The van der Waals surface area contributed by atoms with Crippen LogP contribution in [-0.2, 0) is 19.6 Å². The highest BCUT2D eigenvalue weighted by Crippen LogP contribution is 2.07. The SMILES string of the molecule is OCc1n[nH]c(=S)n1CCc1cccc(F)c1. The number of hydrogen-bond acceptors (Lipinski definition) is 3. The Morgan fingerprint density at radius 2 is 2.29 bits per heavy atom. The molecule has 0 saturated carbocycles. The van der Waals surface area contributed by atoms with Crippen molar-refractivity contribution < 1.29 is 9.50 Å². The number of aromatic nitrogens is 3. The van der Waals surface area contributed by atoms with E-state index in [9.17, 15) is 4.39 Å². The molecule has 2 N–H and O–H groups in total. The van der Waals surface area contributed by atoms with Crippen LogP contribution in [0, 0.1) is 10.6 Å². The van der Waals surface area contributed by atoms with Crippen LogP contribution in [0.1, 0.15) is 11.4 Å². The molecule has 90 valence electrons. The van der Waals surface area contributed by atoms with Gasteiger partial charge in [-0.2, -0.15) is 5.10 Å². The average Bonchev–Trinajstić information content (AvgIpc) is 2.67. The maximum Gasteiger partial charge on any atom is 0.195 e. The topological polar surface area (TPSA) is 53.8 Å². The number of aromatic amines is 1. The quantitative estimate of drug-likeness (QED) is 0.817. The Balaban J connectivity index is 2.12. The lowest BCUT2D eigenvalue weighted by Gasteiger charge is -2.05. The summed E-state index contributed by atoms with van der Waals surface area (Å²) in [5.41, 5.74) is 0.886. The molecule has 0 bridgehead atoms. The van der Waals surface area contributed by atoms with Crippen molar-refractivity contribution in [1.82, 2.24) is 14.8 Å². The summed E-state index contributed by atoms with van der Waals surface area (Å²) in [6.45, 7) is 0.394. The van der Waals surface area contributed by atoms with E-state index < -0.39 is 0 Å². The third-order valence-electron chi connectivity index (χ3n) is 2.49. The van der Waals surface area contributed by atoms with Gasteiger partial charge in [0.1, 0.15) is 12.4 Å². The van der Waals surface area contributed by atoms with Crippen molar-refractivity contribution in [1.29, 1.82) is 0 Å². The molecule has 0 aliphatic rings. The Labute approximate surface area is 103 Å². The van der Waals surface area contributed by atoms with Crippen LogP contribution < -0.4 is 0 Å². The third kappa shape index (κ3) is 2.78. The first-order chi connectivity index (χ1) is 8.20. The number of nitrogens with zero attached hydrogens (tertiary/aromatic N) is 2. The van der Waals surface area contributed by atoms with Crippen LogP contribution in [0.4, 0.5) is 4.39 Å². The van der Waals surface area contributed by atoms with Crippen molar-refractivity contribution in [2.75, 3.05) is 0 Å². The van der Waals surface area contributed by atoms with Crippen molar-refractivity contribution in [3.63, 3.8) is 0 Å². The molecule has 0 aliphatic carbocycles. The maximum absolute atomic E-state index is 13.0. The fraction of sp³-hybridized carbons (Fsp3) is 0.273. The van der Waals surface area contributed by atoms with Gasteiger partial charge in [-0.15, -0.1) is 0 Å². The second-order valence-electron chi connectivity index (χ2n) is 3.63. The normalized spacial score (nSPS) is 10.7. The van der Waals surface area contributed by atoms with Crippen LogP contribution in [0.25, 0.3) is 0 Å². The lowest BCUT2D eigenvalue weighted by molar-refractivity contribution is 0.264. The number of aliphatic hydroxyl groups excluding tert-OH is 1. The van der Waals surface area contributed by atoms with Gasteiger partial charge in [-0.1, -0.05) is 12.1 Å². The molecular formula is C11H12FN3OS. The Hall–Kier alpha value is -1.53. The highest BCUT2D eigenvalue weighted by atomic mass is 32.1. The Kier molecular flexibility index (Phi) is 3.65. The van der Waals surface area contributed by atoms with Gasteiger partial charge in [0.05, 0.1) is 0 Å². The molecule has 2 aromatic rings. The standard InChI is InChI=1S/C11H12FN3OS/c12-9-3-1-2-8(6-9)4-5-15-10(7-16)13-14-11(15)17/h1-3,6,16H,4-5,7H2,(H,14,17). The Morgan fingerprint density at radius 3 is 3.00 bits per heavy atom. The molecule has 0 aliphatic heterocycles. The highest BCUT2D eigenvalue weighted by Gasteiger charge is 2.04. The number of aryl methyl sites for hydroxylation is 1. The second kappa shape index (κ2) is 5.20. The van der Waals surface area contributed by atoms with E-state index in [0.29, 0.717) is 23.6 Å². The lowest BCUT2D eigenvalue weighted by Crippen LogP contribution is -2.06. The summed E-state index contributed by atoms with van der Waals surface area (Å²) in [5.74, 6) is 0.243. The largest absolute Gasteiger partial charge is 0.388 e. The Morgan fingerprint density at radius 1 is 1.47 bits per heavy atom. The van der Waals surface area contributed by atoms with Crippen molar-refractivity contribution in [2.45, 2.75) is 19.6 Å². The molecule has 4 nitrogen and oxygen atoms in total. The average molecular weight is 253 g/mol. The predicted molar refractivity (Wildman–Crippen MR) is 63.4 cm³/mol. The molecule has 0 amide bonds. The lowest BCUT2D eigenvalue weighted by atomic mass is 10.1. The molecule has 1 heterocycles. The first-order valence-electron chi connectivity index (χ1n) is 5.20. The van der Waals surface area contributed by atoms with Gasteiger partial charge in [0.25, 0.3) is 0 Å². The minimum Gasteiger partial charge on any atom is -0.388 e. The monoisotopic (exact) mass is 253 g/mol. The number of halogens is 1. The molecule has 1 aromatic heterocycles. The molecule has 1 aromatic carbocycles. The van der Waals surface area contributed by atoms with E-state index in [4.69, 9.17) is 17.3 Å². The summed E-state index contributed by atoms with van der Waals surface area (Å²) in [5, 5.41) is 15.6. The van der Waals surface area contributed by atoms with Crippen LogP contribution in [-0.4, -0.2) is 19.9 Å². The third-order valence-corrected chi connectivity index (χ3v) is 2.80. The zero-order chi connectivity index (χ0) is 12.3. The minimum absolute atomic E-state index is 0.170. The first kappa shape index (κ1) is 11.9. The van der Waals surface area contributed by atoms with Gasteiger partial charge in [0.2, 0.25) is 0 Å². The highest BCUT2D eigenvalue weighted by molar-refractivity contribution is 7.71. The van der Waals surface area contributed by atoms with Gasteiger partial charge in [-0.05, 0) is 36.3 Å². The van der Waals surface area contributed by atoms with Crippen molar-refractivity contribution >= 4 is 12.2 Å². The van der Waals surface area contributed by atoms with E-state index >= 15 is 0 Å². The smallest absolute Gasteiger partial charge is 0.195 e. The summed E-state index contributed by atoms with van der Waals surface area (Å²) >= 11 is 5.04. The van der Waals surface area contributed by atoms with Gasteiger partial charge >= 0.3 is 0 Å². The van der Waals surface area contributed by atoms with E-state index in [1.165, 1.54) is 12.1 Å². The molecule has 0 fully saturated rings. The number of nitrogens with one attached hydrogen (secondary N) is 1. The van der Waals surface area contributed by atoms with Crippen LogP contribution in [0.5, 0.6) is 0 Å².